The van der Waals surface area contributed by atoms with Gasteiger partial charge >= 0.3 is 150 Å². The molecule has 0 fully saturated rings. The molecule has 1 aromatic carbocycles. The van der Waals surface area contributed by atoms with E-state index in [1.165, 1.54) is 12.1 Å². The summed E-state index contributed by atoms with van der Waals surface area (Å²) in [6.07, 6.45) is 0. The summed E-state index contributed by atoms with van der Waals surface area (Å²) in [7, 11) is 0. The minimum atomic E-state index is -2.25. The number of nitrogens with zero attached hydrogens (tertiary/aromatic N) is 2. The molecule has 1 amide bonds. The zero-order chi connectivity index (χ0) is 17.1. The summed E-state index contributed by atoms with van der Waals surface area (Å²) in [4.78, 5) is 31.2. The van der Waals surface area contributed by atoms with Gasteiger partial charge in [0, 0.05) is 0 Å². The number of nitro groups is 1. The van der Waals surface area contributed by atoms with Gasteiger partial charge in [0.05, 0.1) is 0 Å². The first-order chi connectivity index (χ1) is 10.8. The van der Waals surface area contributed by atoms with Gasteiger partial charge in [-0.1, -0.05) is 0 Å². The van der Waals surface area contributed by atoms with Crippen LogP contribution in [-0.4, -0.2) is 35.6 Å². The van der Waals surface area contributed by atoms with E-state index in [2.05, 4.69) is 10.3 Å². The van der Waals surface area contributed by atoms with Crippen molar-refractivity contribution in [2.45, 2.75) is 9.88 Å². The van der Waals surface area contributed by atoms with Gasteiger partial charge in [-0.05, 0) is 0 Å². The van der Waals surface area contributed by atoms with Gasteiger partial charge < -0.3 is 0 Å². The fourth-order valence-corrected chi connectivity index (χ4v) is 5.98. The normalized spacial score (nSPS) is 10.7. The number of rotatable bonds is 4. The molecule has 0 aliphatic carbocycles. The van der Waals surface area contributed by atoms with Gasteiger partial charge in [0.1, 0.15) is 0 Å². The number of anilines is 1. The molecule has 0 spiro atoms. The summed E-state index contributed by atoms with van der Waals surface area (Å²) in [5.41, 5.74) is 0.148. The number of carbonyl (C=O) groups is 1. The molecule has 9 heteroatoms. The average Bonchev–Trinajstić information content (AvgIpc) is 2.46. The van der Waals surface area contributed by atoms with Crippen molar-refractivity contribution in [3.05, 3.63) is 56.1 Å². The molecule has 2 aromatic rings. The third-order valence-corrected chi connectivity index (χ3v) is 8.04. The van der Waals surface area contributed by atoms with E-state index >= 15 is 0 Å². The minimum absolute atomic E-state index is 0.00424. The molecule has 1 heterocycles. The Hall–Kier alpha value is -1.38. The van der Waals surface area contributed by atoms with Gasteiger partial charge in [-0.2, -0.15) is 0 Å². The monoisotopic (exact) mass is 461 g/mol. The second-order valence-electron chi connectivity index (χ2n) is 5.06. The number of nitrogens with one attached hydrogen (secondary N) is 1. The summed E-state index contributed by atoms with van der Waals surface area (Å²) in [5.74, 6) is -0.260. The molecule has 0 saturated heterocycles. The Bertz CT molecular complexity index is 764. The first kappa shape index (κ1) is 18.0. The van der Waals surface area contributed by atoms with Crippen LogP contribution < -0.4 is 9.03 Å². The number of benzene rings is 1. The fraction of sp³-hybridized carbons (Fsp3) is 0.143. The third kappa shape index (κ3) is 4.13. The van der Waals surface area contributed by atoms with Gasteiger partial charge in [-0.15, -0.1) is 0 Å². The van der Waals surface area contributed by atoms with E-state index in [1.54, 1.807) is 18.2 Å². The van der Waals surface area contributed by atoms with Crippen LogP contribution in [0.2, 0.25) is 19.9 Å². The van der Waals surface area contributed by atoms with Crippen molar-refractivity contribution in [1.82, 2.24) is 4.98 Å². The van der Waals surface area contributed by atoms with Crippen LogP contribution in [0.1, 0.15) is 10.4 Å². The predicted molar refractivity (Wildman–Crippen MR) is 93.8 cm³/mol. The Morgan fingerprint density at radius 1 is 1.22 bits per heavy atom. The summed E-state index contributed by atoms with van der Waals surface area (Å²) >= 11 is 9.74. The zero-order valence-corrected chi connectivity index (χ0v) is 17.1. The van der Waals surface area contributed by atoms with Crippen molar-refractivity contribution < 1.29 is 9.72 Å². The molecule has 0 atom stereocenters. The Morgan fingerprint density at radius 2 is 1.83 bits per heavy atom. The Balaban J connectivity index is 2.35. The number of hydrogen-bond acceptors (Lipinski definition) is 4. The number of carbonyl (C=O) groups excluding carboxylic acids is 1. The fourth-order valence-electron chi connectivity index (χ4n) is 2.01. The Kier molecular flexibility index (Phi) is 5.83. The van der Waals surface area contributed by atoms with Crippen LogP contribution in [0.5, 0.6) is 0 Å². The van der Waals surface area contributed by atoms with Crippen LogP contribution in [0.4, 0.5) is 11.5 Å². The molecular formula is C14H13Cl2N3O3Sn. The SMILES string of the molecule is [CH3][SnH]([CH3])[c]1nc(NC(=O)c2c(Cl)cccc2Cl)ccc1[N+](=O)[O-]. The standard InChI is InChI=1S/C12H6Cl2N3O3.2CH3.Sn.H/c13-8-2-1-3-9(14)11(8)12(18)16-10-5-4-7(6-15-10)17(19)20;;;;/h1-5H,(H,15,16,18);2*1H3;;. The van der Waals surface area contributed by atoms with Gasteiger partial charge in [-0.25, -0.2) is 0 Å². The maximum atomic E-state index is 12.3. The van der Waals surface area contributed by atoms with Gasteiger partial charge in [0.2, 0.25) is 0 Å². The number of halogens is 2. The van der Waals surface area contributed by atoms with E-state index in [0.717, 1.165) is 0 Å². The molecule has 0 unspecified atom stereocenters. The van der Waals surface area contributed by atoms with Gasteiger partial charge in [0.25, 0.3) is 0 Å². The number of pyridine rings is 1. The van der Waals surface area contributed by atoms with Crippen molar-refractivity contribution >= 4 is 64.1 Å². The van der Waals surface area contributed by atoms with Gasteiger partial charge in [0.15, 0.2) is 0 Å². The molecular weight excluding hydrogens is 448 g/mol. The Labute approximate surface area is 149 Å². The van der Waals surface area contributed by atoms with E-state index in [-0.39, 0.29) is 27.1 Å². The van der Waals surface area contributed by atoms with Crippen LogP contribution in [-0.2, 0) is 0 Å². The van der Waals surface area contributed by atoms with Crippen molar-refractivity contribution in [3.63, 3.8) is 0 Å². The maximum absolute atomic E-state index is 12.3. The average molecular weight is 461 g/mol. The number of amides is 1. The van der Waals surface area contributed by atoms with Crippen molar-refractivity contribution in [1.29, 1.82) is 0 Å². The number of aromatic nitrogens is 1. The molecule has 0 aliphatic heterocycles. The summed E-state index contributed by atoms with van der Waals surface area (Å²) in [6.45, 7) is 0. The quantitative estimate of drug-likeness (QED) is 0.431. The van der Waals surface area contributed by atoms with E-state index in [1.807, 2.05) is 9.88 Å². The number of hydrogen-bond donors (Lipinski definition) is 1. The first-order valence-electron chi connectivity index (χ1n) is 6.72. The van der Waals surface area contributed by atoms with Crippen molar-refractivity contribution in [3.8, 4) is 0 Å². The zero-order valence-electron chi connectivity index (χ0n) is 12.3. The van der Waals surface area contributed by atoms with Gasteiger partial charge in [-0.3, -0.25) is 0 Å². The van der Waals surface area contributed by atoms with Crippen molar-refractivity contribution in [2.24, 2.45) is 0 Å². The third-order valence-electron chi connectivity index (χ3n) is 3.08. The molecule has 1 N–H and O–H groups in total. The second-order valence-corrected chi connectivity index (χ2v) is 14.0. The van der Waals surface area contributed by atoms with Crippen LogP contribution in [0.15, 0.2) is 30.3 Å². The summed E-state index contributed by atoms with van der Waals surface area (Å²) in [5, 5.41) is 14.1. The molecule has 2 rings (SSSR count). The first-order valence-corrected chi connectivity index (χ1v) is 15.7. The van der Waals surface area contributed by atoms with E-state index in [4.69, 9.17) is 23.2 Å². The molecule has 0 saturated carbocycles. The van der Waals surface area contributed by atoms with Crippen LogP contribution in [0, 0.1) is 10.1 Å². The van der Waals surface area contributed by atoms with Crippen LogP contribution in [0.25, 0.3) is 0 Å². The molecule has 6 nitrogen and oxygen atoms in total. The second kappa shape index (κ2) is 7.46. The molecule has 0 bridgehead atoms. The van der Waals surface area contributed by atoms with E-state index in [0.29, 0.717) is 3.71 Å². The predicted octanol–water partition coefficient (Wildman–Crippen LogP) is 3.24. The molecule has 1 aromatic heterocycles. The molecule has 120 valence electrons. The molecule has 0 radical (unpaired) electrons. The van der Waals surface area contributed by atoms with E-state index < -0.39 is 30.6 Å². The van der Waals surface area contributed by atoms with E-state index in [9.17, 15) is 14.9 Å². The molecule has 23 heavy (non-hydrogen) atoms. The summed E-state index contributed by atoms with van der Waals surface area (Å²) < 4.78 is 0.500. The Morgan fingerprint density at radius 3 is 2.35 bits per heavy atom. The van der Waals surface area contributed by atoms with Crippen molar-refractivity contribution in [2.75, 3.05) is 5.32 Å². The summed E-state index contributed by atoms with van der Waals surface area (Å²) in [6, 6.07) is 7.52. The van der Waals surface area contributed by atoms with Crippen LogP contribution >= 0.6 is 23.2 Å². The molecule has 0 aliphatic rings. The topological polar surface area (TPSA) is 85.1 Å². The van der Waals surface area contributed by atoms with Crippen LogP contribution in [0.3, 0.4) is 0 Å².